The maximum atomic E-state index is 12.3. The number of carbonyl (C=O) groups is 1. The van der Waals surface area contributed by atoms with Gasteiger partial charge in [-0.2, -0.15) is 0 Å². The van der Waals surface area contributed by atoms with Gasteiger partial charge >= 0.3 is 6.09 Å². The number of benzene rings is 1. The monoisotopic (exact) mass is 283 g/mol. The van der Waals surface area contributed by atoms with Crippen LogP contribution in [0.2, 0.25) is 0 Å². The second-order valence-corrected chi connectivity index (χ2v) is 6.82. The Morgan fingerprint density at radius 3 is 2.32 bits per heavy atom. The van der Waals surface area contributed by atoms with E-state index < -0.39 is 15.9 Å². The Labute approximate surface area is 112 Å². The number of methoxy groups -OCH3 is 1. The minimum absolute atomic E-state index is 0.257. The molecule has 104 valence electrons. The minimum Gasteiger partial charge on any atom is -0.453 e. The van der Waals surface area contributed by atoms with Gasteiger partial charge in [0.05, 0.1) is 17.3 Å². The number of ether oxygens (including phenoxy) is 1. The average Bonchev–Trinajstić information content (AvgIpc) is 2.94. The standard InChI is InChI=1S/C13H17NO4S/c1-18-13(15)14-10-6-8-12(9-7-10)19(16,17)11-4-2-3-5-11/h6-9,11H,2-5H2,1H3,(H,14,15). The predicted octanol–water partition coefficient (Wildman–Crippen LogP) is 2.58. The van der Waals surface area contributed by atoms with Crippen LogP contribution in [0, 0.1) is 0 Å². The highest BCUT2D eigenvalue weighted by Crippen LogP contribution is 2.29. The van der Waals surface area contributed by atoms with Crippen molar-refractivity contribution in [2.75, 3.05) is 12.4 Å². The molecule has 0 atom stereocenters. The van der Waals surface area contributed by atoms with Crippen LogP contribution in [0.4, 0.5) is 10.5 Å². The van der Waals surface area contributed by atoms with E-state index in [1.54, 1.807) is 12.1 Å². The Balaban J connectivity index is 2.15. The summed E-state index contributed by atoms with van der Waals surface area (Å²) in [5, 5.41) is 2.23. The number of rotatable bonds is 3. The molecule has 0 aliphatic heterocycles. The zero-order valence-electron chi connectivity index (χ0n) is 10.8. The third-order valence-electron chi connectivity index (χ3n) is 3.36. The summed E-state index contributed by atoms with van der Waals surface area (Å²) in [6.07, 6.45) is 2.86. The number of hydrogen-bond acceptors (Lipinski definition) is 4. The molecule has 1 aliphatic rings. The van der Waals surface area contributed by atoms with Gasteiger partial charge in [-0.05, 0) is 37.1 Å². The molecule has 0 bridgehead atoms. The molecule has 1 N–H and O–H groups in total. The fourth-order valence-corrected chi connectivity index (χ4v) is 4.14. The van der Waals surface area contributed by atoms with Crippen LogP contribution in [0.3, 0.4) is 0 Å². The normalized spacial score (nSPS) is 16.3. The molecule has 1 aromatic carbocycles. The summed E-state index contributed by atoms with van der Waals surface area (Å²) in [5.74, 6) is 0. The lowest BCUT2D eigenvalue weighted by atomic mass is 10.3. The van der Waals surface area contributed by atoms with Gasteiger partial charge in [0.25, 0.3) is 0 Å². The van der Waals surface area contributed by atoms with Gasteiger partial charge in [-0.15, -0.1) is 0 Å². The maximum absolute atomic E-state index is 12.3. The first-order valence-electron chi connectivity index (χ1n) is 6.23. The molecule has 1 aliphatic carbocycles. The Hall–Kier alpha value is -1.56. The number of anilines is 1. The van der Waals surface area contributed by atoms with Gasteiger partial charge in [0, 0.05) is 5.69 Å². The van der Waals surface area contributed by atoms with Crippen molar-refractivity contribution in [3.8, 4) is 0 Å². The third-order valence-corrected chi connectivity index (χ3v) is 5.63. The van der Waals surface area contributed by atoms with Crippen molar-refractivity contribution in [2.24, 2.45) is 0 Å². The molecule has 1 fully saturated rings. The maximum Gasteiger partial charge on any atom is 0.411 e. The zero-order chi connectivity index (χ0) is 13.9. The summed E-state index contributed by atoms with van der Waals surface area (Å²) >= 11 is 0. The van der Waals surface area contributed by atoms with Crippen molar-refractivity contribution in [2.45, 2.75) is 35.8 Å². The van der Waals surface area contributed by atoms with Crippen LogP contribution in [0.1, 0.15) is 25.7 Å². The quantitative estimate of drug-likeness (QED) is 0.925. The predicted molar refractivity (Wildman–Crippen MR) is 71.9 cm³/mol. The van der Waals surface area contributed by atoms with Crippen molar-refractivity contribution >= 4 is 21.6 Å². The average molecular weight is 283 g/mol. The molecule has 2 rings (SSSR count). The summed E-state index contributed by atoms with van der Waals surface area (Å²) in [4.78, 5) is 11.3. The first-order valence-corrected chi connectivity index (χ1v) is 7.77. The molecule has 19 heavy (non-hydrogen) atoms. The van der Waals surface area contributed by atoms with Crippen LogP contribution < -0.4 is 5.32 Å². The van der Waals surface area contributed by atoms with Crippen LogP contribution in [0.5, 0.6) is 0 Å². The first-order chi connectivity index (χ1) is 9.04. The van der Waals surface area contributed by atoms with E-state index in [0.29, 0.717) is 10.6 Å². The van der Waals surface area contributed by atoms with E-state index in [1.165, 1.54) is 19.2 Å². The molecule has 0 saturated heterocycles. The van der Waals surface area contributed by atoms with Gasteiger partial charge < -0.3 is 4.74 Å². The molecule has 0 aromatic heterocycles. The number of carbonyl (C=O) groups excluding carboxylic acids is 1. The van der Waals surface area contributed by atoms with Gasteiger partial charge in [-0.1, -0.05) is 12.8 Å². The number of nitrogens with one attached hydrogen (secondary N) is 1. The molecule has 1 saturated carbocycles. The topological polar surface area (TPSA) is 72.5 Å². The molecule has 0 heterocycles. The summed E-state index contributed by atoms with van der Waals surface area (Å²) in [6, 6.07) is 6.19. The lowest BCUT2D eigenvalue weighted by Gasteiger charge is -2.11. The Bertz CT molecular complexity index is 545. The van der Waals surface area contributed by atoms with Crippen molar-refractivity contribution in [1.82, 2.24) is 0 Å². The highest BCUT2D eigenvalue weighted by atomic mass is 32.2. The van der Waals surface area contributed by atoms with Gasteiger partial charge in [-0.25, -0.2) is 13.2 Å². The number of sulfone groups is 1. The van der Waals surface area contributed by atoms with Gasteiger partial charge in [-0.3, -0.25) is 5.32 Å². The lowest BCUT2D eigenvalue weighted by Crippen LogP contribution is -2.18. The molecule has 0 unspecified atom stereocenters. The lowest BCUT2D eigenvalue weighted by molar-refractivity contribution is 0.187. The van der Waals surface area contributed by atoms with E-state index >= 15 is 0 Å². The Kier molecular flexibility index (Phi) is 4.09. The second kappa shape index (κ2) is 5.61. The SMILES string of the molecule is COC(=O)Nc1ccc(S(=O)(=O)C2CCCC2)cc1. The van der Waals surface area contributed by atoms with Crippen LogP contribution >= 0.6 is 0 Å². The summed E-state index contributed by atoms with van der Waals surface area (Å²) in [6.45, 7) is 0. The van der Waals surface area contributed by atoms with Crippen molar-refractivity contribution in [3.63, 3.8) is 0 Å². The van der Waals surface area contributed by atoms with Gasteiger partial charge in [0.2, 0.25) is 0 Å². The van der Waals surface area contributed by atoms with E-state index in [9.17, 15) is 13.2 Å². The Morgan fingerprint density at radius 2 is 1.79 bits per heavy atom. The molecular weight excluding hydrogens is 266 g/mol. The summed E-state index contributed by atoms with van der Waals surface area (Å²) in [7, 11) is -1.96. The molecule has 1 amide bonds. The van der Waals surface area contributed by atoms with E-state index in [-0.39, 0.29) is 5.25 Å². The van der Waals surface area contributed by atoms with E-state index in [1.807, 2.05) is 0 Å². The van der Waals surface area contributed by atoms with Crippen LogP contribution in [0.25, 0.3) is 0 Å². The van der Waals surface area contributed by atoms with E-state index in [0.717, 1.165) is 25.7 Å². The molecule has 6 heteroatoms. The first kappa shape index (κ1) is 13.9. The van der Waals surface area contributed by atoms with Gasteiger partial charge in [0.1, 0.15) is 0 Å². The molecule has 5 nitrogen and oxygen atoms in total. The Morgan fingerprint density at radius 1 is 1.21 bits per heavy atom. The van der Waals surface area contributed by atoms with Crippen LogP contribution in [-0.4, -0.2) is 26.9 Å². The van der Waals surface area contributed by atoms with E-state index in [4.69, 9.17) is 0 Å². The van der Waals surface area contributed by atoms with Gasteiger partial charge in [0.15, 0.2) is 9.84 Å². The largest absolute Gasteiger partial charge is 0.453 e. The summed E-state index contributed by atoms with van der Waals surface area (Å²) in [5.41, 5.74) is 0.511. The third kappa shape index (κ3) is 3.07. The molecule has 0 spiro atoms. The van der Waals surface area contributed by atoms with E-state index in [2.05, 4.69) is 10.1 Å². The fraction of sp³-hybridized carbons (Fsp3) is 0.462. The van der Waals surface area contributed by atoms with Crippen molar-refractivity contribution < 1.29 is 17.9 Å². The minimum atomic E-state index is -3.23. The molecule has 1 aromatic rings. The van der Waals surface area contributed by atoms with Crippen molar-refractivity contribution in [3.05, 3.63) is 24.3 Å². The second-order valence-electron chi connectivity index (χ2n) is 4.59. The number of amides is 1. The zero-order valence-corrected chi connectivity index (χ0v) is 11.6. The fourth-order valence-electron chi connectivity index (χ4n) is 2.29. The van der Waals surface area contributed by atoms with Crippen molar-refractivity contribution in [1.29, 1.82) is 0 Å². The smallest absolute Gasteiger partial charge is 0.411 e. The summed E-state index contributed by atoms with van der Waals surface area (Å²) < 4.78 is 29.1. The highest BCUT2D eigenvalue weighted by molar-refractivity contribution is 7.92. The number of hydrogen-bond donors (Lipinski definition) is 1. The molecular formula is C13H17NO4S. The highest BCUT2D eigenvalue weighted by Gasteiger charge is 2.30. The van der Waals surface area contributed by atoms with Crippen LogP contribution in [0.15, 0.2) is 29.2 Å². The van der Waals surface area contributed by atoms with Crippen LogP contribution in [-0.2, 0) is 14.6 Å². The molecule has 0 radical (unpaired) electrons.